The molecule has 1 heterocycles. The second kappa shape index (κ2) is 6.05. The highest BCUT2D eigenvalue weighted by Crippen LogP contribution is 2.47. The third-order valence-corrected chi connectivity index (χ3v) is 3.36. The quantitative estimate of drug-likeness (QED) is 0.728. The van der Waals surface area contributed by atoms with Gasteiger partial charge in [0.05, 0.1) is 6.54 Å². The highest BCUT2D eigenvalue weighted by molar-refractivity contribution is 5.72. The second-order valence-corrected chi connectivity index (χ2v) is 5.14. The summed E-state index contributed by atoms with van der Waals surface area (Å²) < 4.78 is 5.79. The molecule has 2 unspecified atom stereocenters. The van der Waals surface area contributed by atoms with Gasteiger partial charge in [-0.05, 0) is 37.4 Å². The van der Waals surface area contributed by atoms with Crippen molar-refractivity contribution >= 4 is 5.91 Å². The van der Waals surface area contributed by atoms with E-state index in [2.05, 4.69) is 29.7 Å². The molecule has 0 aliphatic heterocycles. The Balaban J connectivity index is 1.59. The SMILES string of the molecule is CC(=O)NCCCNCc1ccc(C2CC2C)o1. The molecule has 1 amide bonds. The van der Waals surface area contributed by atoms with Gasteiger partial charge < -0.3 is 15.1 Å². The lowest BCUT2D eigenvalue weighted by Crippen LogP contribution is -2.24. The van der Waals surface area contributed by atoms with Crippen LogP contribution in [0.4, 0.5) is 0 Å². The van der Waals surface area contributed by atoms with Crippen LogP contribution in [-0.2, 0) is 11.3 Å². The molecule has 1 saturated carbocycles. The summed E-state index contributed by atoms with van der Waals surface area (Å²) in [6.07, 6.45) is 2.20. The Bertz CT molecular complexity index is 400. The van der Waals surface area contributed by atoms with Crippen LogP contribution < -0.4 is 10.6 Å². The molecule has 18 heavy (non-hydrogen) atoms. The zero-order chi connectivity index (χ0) is 13.0. The molecular formula is C14H22N2O2. The van der Waals surface area contributed by atoms with E-state index in [0.717, 1.165) is 43.5 Å². The van der Waals surface area contributed by atoms with Crippen LogP contribution in [0.15, 0.2) is 16.5 Å². The normalized spacial score (nSPS) is 21.9. The van der Waals surface area contributed by atoms with E-state index in [9.17, 15) is 4.79 Å². The van der Waals surface area contributed by atoms with Crippen LogP contribution in [0.2, 0.25) is 0 Å². The van der Waals surface area contributed by atoms with Gasteiger partial charge in [-0.1, -0.05) is 6.92 Å². The van der Waals surface area contributed by atoms with Gasteiger partial charge in [0.25, 0.3) is 0 Å². The monoisotopic (exact) mass is 250 g/mol. The van der Waals surface area contributed by atoms with Gasteiger partial charge in [0.1, 0.15) is 11.5 Å². The second-order valence-electron chi connectivity index (χ2n) is 5.14. The molecule has 0 bridgehead atoms. The number of carbonyl (C=O) groups excluding carboxylic acids is 1. The summed E-state index contributed by atoms with van der Waals surface area (Å²) in [5.41, 5.74) is 0. The number of amides is 1. The van der Waals surface area contributed by atoms with Crippen molar-refractivity contribution in [1.82, 2.24) is 10.6 Å². The Morgan fingerprint density at radius 1 is 1.44 bits per heavy atom. The summed E-state index contributed by atoms with van der Waals surface area (Å²) in [6.45, 7) is 6.17. The minimum Gasteiger partial charge on any atom is -0.464 e. The van der Waals surface area contributed by atoms with Crippen molar-refractivity contribution in [3.63, 3.8) is 0 Å². The number of carbonyl (C=O) groups is 1. The minimum atomic E-state index is 0.0317. The van der Waals surface area contributed by atoms with Crippen molar-refractivity contribution in [2.75, 3.05) is 13.1 Å². The first-order valence-electron chi connectivity index (χ1n) is 6.70. The Kier molecular flexibility index (Phi) is 4.42. The molecule has 0 spiro atoms. The van der Waals surface area contributed by atoms with Crippen LogP contribution in [-0.4, -0.2) is 19.0 Å². The standard InChI is InChI=1S/C14H22N2O2/c1-10-8-13(10)14-5-4-12(18-14)9-15-6-3-7-16-11(2)17/h4-5,10,13,15H,3,6-9H2,1-2H3,(H,16,17). The molecule has 0 saturated heterocycles. The maximum Gasteiger partial charge on any atom is 0.216 e. The molecule has 0 radical (unpaired) electrons. The van der Waals surface area contributed by atoms with Gasteiger partial charge >= 0.3 is 0 Å². The first kappa shape index (κ1) is 13.1. The van der Waals surface area contributed by atoms with Crippen molar-refractivity contribution in [2.45, 2.75) is 39.2 Å². The lowest BCUT2D eigenvalue weighted by atomic mass is 10.3. The predicted octanol–water partition coefficient (Wildman–Crippen LogP) is 2.02. The van der Waals surface area contributed by atoms with Crippen LogP contribution in [0.5, 0.6) is 0 Å². The maximum absolute atomic E-state index is 10.7. The molecule has 2 atom stereocenters. The molecule has 1 aromatic rings. The number of rotatable bonds is 7. The average Bonchev–Trinajstić information content (AvgIpc) is 2.88. The fourth-order valence-electron chi connectivity index (χ4n) is 2.10. The topological polar surface area (TPSA) is 54.3 Å². The molecule has 4 heteroatoms. The molecule has 100 valence electrons. The molecule has 1 aromatic heterocycles. The number of nitrogens with one attached hydrogen (secondary N) is 2. The maximum atomic E-state index is 10.7. The van der Waals surface area contributed by atoms with Gasteiger partial charge in [0.2, 0.25) is 5.91 Å². The molecule has 2 rings (SSSR count). The summed E-state index contributed by atoms with van der Waals surface area (Å²) >= 11 is 0. The van der Waals surface area contributed by atoms with E-state index in [1.807, 2.05) is 0 Å². The Morgan fingerprint density at radius 2 is 2.22 bits per heavy atom. The van der Waals surface area contributed by atoms with E-state index in [1.165, 1.54) is 13.3 Å². The van der Waals surface area contributed by atoms with Gasteiger partial charge in [0.15, 0.2) is 0 Å². The first-order chi connectivity index (χ1) is 8.66. The summed E-state index contributed by atoms with van der Waals surface area (Å²) in [7, 11) is 0. The molecule has 2 N–H and O–H groups in total. The molecule has 1 fully saturated rings. The molecule has 1 aliphatic rings. The Hall–Kier alpha value is -1.29. The lowest BCUT2D eigenvalue weighted by Gasteiger charge is -2.03. The van der Waals surface area contributed by atoms with Crippen molar-refractivity contribution in [1.29, 1.82) is 0 Å². The first-order valence-corrected chi connectivity index (χ1v) is 6.70. The number of hydrogen-bond acceptors (Lipinski definition) is 3. The van der Waals surface area contributed by atoms with E-state index < -0.39 is 0 Å². The van der Waals surface area contributed by atoms with E-state index in [4.69, 9.17) is 4.42 Å². The largest absolute Gasteiger partial charge is 0.464 e. The highest BCUT2D eigenvalue weighted by Gasteiger charge is 2.36. The zero-order valence-corrected chi connectivity index (χ0v) is 11.2. The van der Waals surface area contributed by atoms with Crippen LogP contribution in [0.3, 0.4) is 0 Å². The fraction of sp³-hybridized carbons (Fsp3) is 0.643. The summed E-state index contributed by atoms with van der Waals surface area (Å²) in [6, 6.07) is 4.16. The average molecular weight is 250 g/mol. The van der Waals surface area contributed by atoms with Crippen molar-refractivity contribution < 1.29 is 9.21 Å². The minimum absolute atomic E-state index is 0.0317. The molecule has 0 aromatic carbocycles. The van der Waals surface area contributed by atoms with Crippen molar-refractivity contribution in [2.24, 2.45) is 5.92 Å². The van der Waals surface area contributed by atoms with Crippen LogP contribution in [0.25, 0.3) is 0 Å². The van der Waals surface area contributed by atoms with Crippen LogP contribution >= 0.6 is 0 Å². The predicted molar refractivity (Wildman–Crippen MR) is 70.2 cm³/mol. The van der Waals surface area contributed by atoms with Crippen molar-refractivity contribution in [3.05, 3.63) is 23.7 Å². The number of hydrogen-bond donors (Lipinski definition) is 2. The molecule has 1 aliphatic carbocycles. The van der Waals surface area contributed by atoms with Crippen LogP contribution in [0, 0.1) is 5.92 Å². The Labute approximate surface area is 108 Å². The third-order valence-electron chi connectivity index (χ3n) is 3.36. The summed E-state index contributed by atoms with van der Waals surface area (Å²) in [5, 5.41) is 6.09. The van der Waals surface area contributed by atoms with E-state index in [1.54, 1.807) is 0 Å². The van der Waals surface area contributed by atoms with Gasteiger partial charge in [-0.25, -0.2) is 0 Å². The number of furan rings is 1. The van der Waals surface area contributed by atoms with E-state index in [0.29, 0.717) is 5.92 Å². The Morgan fingerprint density at radius 3 is 2.89 bits per heavy atom. The van der Waals surface area contributed by atoms with Gasteiger partial charge in [-0.2, -0.15) is 0 Å². The fourth-order valence-corrected chi connectivity index (χ4v) is 2.10. The van der Waals surface area contributed by atoms with Crippen LogP contribution in [0.1, 0.15) is 44.1 Å². The summed E-state index contributed by atoms with van der Waals surface area (Å²) in [4.78, 5) is 10.7. The lowest BCUT2D eigenvalue weighted by molar-refractivity contribution is -0.118. The van der Waals surface area contributed by atoms with Gasteiger partial charge in [-0.15, -0.1) is 0 Å². The van der Waals surface area contributed by atoms with Gasteiger partial charge in [-0.3, -0.25) is 4.79 Å². The molecule has 4 nitrogen and oxygen atoms in total. The van der Waals surface area contributed by atoms with Crippen molar-refractivity contribution in [3.8, 4) is 0 Å². The highest BCUT2D eigenvalue weighted by atomic mass is 16.3. The van der Waals surface area contributed by atoms with E-state index in [-0.39, 0.29) is 5.91 Å². The van der Waals surface area contributed by atoms with Gasteiger partial charge in [0, 0.05) is 19.4 Å². The third kappa shape index (κ3) is 3.88. The van der Waals surface area contributed by atoms with E-state index >= 15 is 0 Å². The molecular weight excluding hydrogens is 228 g/mol. The zero-order valence-electron chi connectivity index (χ0n) is 11.2. The smallest absolute Gasteiger partial charge is 0.216 e. The summed E-state index contributed by atoms with van der Waals surface area (Å²) in [5.74, 6) is 3.61.